The van der Waals surface area contributed by atoms with Crippen molar-refractivity contribution in [3.63, 3.8) is 0 Å². The lowest BCUT2D eigenvalue weighted by Gasteiger charge is -2.19. The van der Waals surface area contributed by atoms with Crippen molar-refractivity contribution in [2.45, 2.75) is 103 Å². The molecule has 0 aliphatic rings. The maximum Gasteiger partial charge on any atom is 0.308 e. The molecule has 1 aromatic carbocycles. The fraction of sp³-hybridized carbons (Fsp3) is 0.633. The second-order valence-electron chi connectivity index (χ2n) is 12.4. The molecule has 0 radical (unpaired) electrons. The largest absolute Gasteiger partial charge is 0.481 e. The van der Waals surface area contributed by atoms with Crippen LogP contribution in [-0.4, -0.2) is 28.3 Å². The molecule has 37 heavy (non-hydrogen) atoms. The van der Waals surface area contributed by atoms with Crippen LogP contribution in [0.4, 0.5) is 0 Å². The Morgan fingerprint density at radius 3 is 1.35 bits per heavy atom. The Kier molecular flexibility index (Phi) is 22.7. The van der Waals surface area contributed by atoms with Gasteiger partial charge in [-0.1, -0.05) is 89.9 Å². The fourth-order valence-corrected chi connectivity index (χ4v) is 1.48. The molecule has 0 spiro atoms. The summed E-state index contributed by atoms with van der Waals surface area (Å²) in [5.41, 5.74) is 3.25. The summed E-state index contributed by atoms with van der Waals surface area (Å²) in [6.45, 7) is 27.5. The van der Waals surface area contributed by atoms with E-state index < -0.39 is 11.4 Å². The molecule has 5 nitrogen and oxygen atoms in total. The van der Waals surface area contributed by atoms with Gasteiger partial charge in [-0.05, 0) is 69.7 Å². The van der Waals surface area contributed by atoms with Crippen LogP contribution in [0.25, 0.3) is 0 Å². The zero-order valence-electron chi connectivity index (χ0n) is 25.9. The number of benzene rings is 1. The third-order valence-electron chi connectivity index (χ3n) is 3.52. The second kappa shape index (κ2) is 20.0. The summed E-state index contributed by atoms with van der Waals surface area (Å²) in [7, 11) is 2.01. The molecule has 1 rings (SSSR count). The molecule has 0 bridgehead atoms. The molecule has 1 N–H and O–H groups in total. The third kappa shape index (κ3) is 34.0. The van der Waals surface area contributed by atoms with Gasteiger partial charge in [0.15, 0.2) is 0 Å². The highest BCUT2D eigenvalue weighted by molar-refractivity contribution is 6.64. The van der Waals surface area contributed by atoms with Gasteiger partial charge in [0.2, 0.25) is 5.24 Å². The van der Waals surface area contributed by atoms with Crippen molar-refractivity contribution in [2.75, 3.05) is 7.05 Å². The molecular formula is C30H52Cl2N2O3. The predicted octanol–water partition coefficient (Wildman–Crippen LogP) is 9.41. The molecule has 0 fully saturated rings. The van der Waals surface area contributed by atoms with E-state index in [0.29, 0.717) is 5.41 Å². The number of carbonyl (C=O) groups is 2. The highest BCUT2D eigenvalue weighted by Gasteiger charge is 2.19. The van der Waals surface area contributed by atoms with E-state index in [1.54, 1.807) is 47.6 Å². The van der Waals surface area contributed by atoms with Crippen molar-refractivity contribution >= 4 is 34.4 Å². The monoisotopic (exact) mass is 558 g/mol. The van der Waals surface area contributed by atoms with Crippen LogP contribution in [0.2, 0.25) is 0 Å². The Labute approximate surface area is 237 Å². The van der Waals surface area contributed by atoms with E-state index in [9.17, 15) is 9.59 Å². The maximum atomic E-state index is 10.2. The number of nitriles is 1. The van der Waals surface area contributed by atoms with E-state index >= 15 is 0 Å². The molecule has 0 saturated heterocycles. The Morgan fingerprint density at radius 2 is 1.16 bits per heavy atom. The van der Waals surface area contributed by atoms with Crippen molar-refractivity contribution in [1.82, 2.24) is 4.90 Å². The smallest absolute Gasteiger partial charge is 0.308 e. The number of aryl methyl sites for hydroxylation is 1. The molecule has 0 aromatic heterocycles. The van der Waals surface area contributed by atoms with E-state index in [0.717, 1.165) is 17.3 Å². The summed E-state index contributed by atoms with van der Waals surface area (Å²) in [6, 6.07) is 10.3. The first-order valence-corrected chi connectivity index (χ1v) is 12.9. The van der Waals surface area contributed by atoms with Crippen molar-refractivity contribution in [3.8, 4) is 6.07 Å². The Hall–Kier alpha value is -2.03. The topological polar surface area (TPSA) is 81.4 Å². The second-order valence-corrected chi connectivity index (χ2v) is 13.1. The SMILES string of the molecule is CC#N.CC(C)(C)C.CC(C)(C)C(=O)Cl.CC(C)(C)C(=O)O.CC(C)=C(Cl)N(C)Cc1ccc(C)cc1. The number of hydrogen-bond acceptors (Lipinski definition) is 4. The number of hydrogen-bond donors (Lipinski definition) is 1. The molecule has 0 heterocycles. The first-order chi connectivity index (χ1) is 16.3. The number of rotatable bonds is 3. The van der Waals surface area contributed by atoms with Gasteiger partial charge in [0.1, 0.15) is 5.16 Å². The summed E-state index contributed by atoms with van der Waals surface area (Å²) < 4.78 is 0. The minimum atomic E-state index is -0.757. The molecule has 0 unspecified atom stereocenters. The number of carboxylic acid groups (broad SMARTS) is 1. The Bertz CT molecular complexity index is 815. The molecule has 0 aliphatic heterocycles. The highest BCUT2D eigenvalue weighted by Crippen LogP contribution is 2.17. The zero-order valence-corrected chi connectivity index (χ0v) is 27.4. The normalized spacial score (nSPS) is 10.2. The predicted molar refractivity (Wildman–Crippen MR) is 161 cm³/mol. The van der Waals surface area contributed by atoms with E-state index in [4.69, 9.17) is 33.6 Å². The number of carboxylic acids is 1. The van der Waals surface area contributed by atoms with Crippen LogP contribution in [0.15, 0.2) is 35.0 Å². The molecule has 0 amide bonds. The Balaban J connectivity index is -0.000000209. The molecule has 1 aromatic rings. The van der Waals surface area contributed by atoms with Gasteiger partial charge in [0.25, 0.3) is 0 Å². The lowest BCUT2D eigenvalue weighted by Crippen LogP contribution is -2.18. The van der Waals surface area contributed by atoms with Crippen molar-refractivity contribution in [1.29, 1.82) is 5.26 Å². The van der Waals surface area contributed by atoms with Crippen molar-refractivity contribution in [3.05, 3.63) is 46.1 Å². The number of halogens is 2. The van der Waals surface area contributed by atoms with Crippen LogP contribution in [0.3, 0.4) is 0 Å². The summed E-state index contributed by atoms with van der Waals surface area (Å²) in [4.78, 5) is 22.3. The summed E-state index contributed by atoms with van der Waals surface area (Å²) in [6.07, 6.45) is 0. The first-order valence-electron chi connectivity index (χ1n) is 12.1. The van der Waals surface area contributed by atoms with Gasteiger partial charge in [0.05, 0.1) is 11.5 Å². The minimum Gasteiger partial charge on any atom is -0.481 e. The van der Waals surface area contributed by atoms with Crippen LogP contribution in [0.5, 0.6) is 0 Å². The van der Waals surface area contributed by atoms with Crippen LogP contribution in [0.1, 0.15) is 101 Å². The summed E-state index contributed by atoms with van der Waals surface area (Å²) in [5, 5.41) is 16.1. The van der Waals surface area contributed by atoms with E-state index in [2.05, 4.69) is 63.8 Å². The number of carbonyl (C=O) groups excluding carboxylic acids is 1. The highest BCUT2D eigenvalue weighted by atomic mass is 35.5. The van der Waals surface area contributed by atoms with Crippen LogP contribution >= 0.6 is 23.2 Å². The lowest BCUT2D eigenvalue weighted by atomic mass is 9.98. The zero-order chi connectivity index (χ0) is 30.8. The molecule has 214 valence electrons. The molecule has 0 saturated carbocycles. The van der Waals surface area contributed by atoms with Gasteiger partial charge >= 0.3 is 5.97 Å². The van der Waals surface area contributed by atoms with Crippen LogP contribution in [-0.2, 0) is 16.1 Å². The van der Waals surface area contributed by atoms with Gasteiger partial charge in [-0.25, -0.2) is 0 Å². The van der Waals surface area contributed by atoms with Gasteiger partial charge in [0, 0.05) is 25.9 Å². The molecule has 0 atom stereocenters. The van der Waals surface area contributed by atoms with E-state index in [1.165, 1.54) is 18.1 Å². The van der Waals surface area contributed by atoms with Crippen LogP contribution < -0.4 is 0 Å². The van der Waals surface area contributed by atoms with Gasteiger partial charge in [-0.3, -0.25) is 9.59 Å². The molecule has 7 heteroatoms. The number of aliphatic carboxylic acids is 1. The van der Waals surface area contributed by atoms with Gasteiger partial charge in [-0.15, -0.1) is 0 Å². The lowest BCUT2D eigenvalue weighted by molar-refractivity contribution is -0.145. The average Bonchev–Trinajstić information content (AvgIpc) is 2.68. The van der Waals surface area contributed by atoms with Gasteiger partial charge in [-0.2, -0.15) is 5.26 Å². The minimum absolute atomic E-state index is 0.285. The third-order valence-corrected chi connectivity index (χ3v) is 4.75. The molecular weight excluding hydrogens is 507 g/mol. The fourth-order valence-electron chi connectivity index (χ4n) is 1.42. The van der Waals surface area contributed by atoms with E-state index in [-0.39, 0.29) is 10.7 Å². The van der Waals surface area contributed by atoms with E-state index in [1.807, 2.05) is 20.9 Å². The average molecular weight is 560 g/mol. The number of nitrogens with zero attached hydrogens (tertiary/aromatic N) is 2. The Morgan fingerprint density at radius 1 is 0.892 bits per heavy atom. The summed E-state index contributed by atoms with van der Waals surface area (Å²) >= 11 is 11.3. The quantitative estimate of drug-likeness (QED) is 0.295. The van der Waals surface area contributed by atoms with Crippen molar-refractivity contribution in [2.24, 2.45) is 16.2 Å². The standard InChI is InChI=1S/C13H18ClN.C5H9ClO.C5H10O2.C5H12.C2H3N/c1-10(2)13(14)15(4)9-12-7-5-11(3)6-8-12;2*1-5(2,3)4(6)7;1-5(2,3)4;1-2-3/h5-8H,9H2,1-4H3;1-3H3;1-3H3,(H,6,7);1-4H3;1H3. The van der Waals surface area contributed by atoms with Crippen LogP contribution in [0, 0.1) is 34.5 Å². The maximum absolute atomic E-state index is 10.2. The van der Waals surface area contributed by atoms with Gasteiger partial charge < -0.3 is 10.0 Å². The summed E-state index contributed by atoms with van der Waals surface area (Å²) in [5.74, 6) is -0.757. The molecule has 0 aliphatic carbocycles. The number of allylic oxidation sites excluding steroid dienone is 1. The van der Waals surface area contributed by atoms with Crippen molar-refractivity contribution < 1.29 is 14.7 Å². The first kappa shape index (κ1) is 42.1.